The largest absolute Gasteiger partial charge is 0.394 e. The molecule has 6 nitrogen and oxygen atoms in total. The monoisotopic (exact) mass is 256 g/mol. The van der Waals surface area contributed by atoms with E-state index in [0.29, 0.717) is 6.42 Å². The molecule has 1 amide bonds. The Balaban J connectivity index is 2.88. The second-order valence-electron chi connectivity index (χ2n) is 3.68. The zero-order valence-electron chi connectivity index (χ0n) is 9.72. The highest BCUT2D eigenvalue weighted by molar-refractivity contribution is 5.94. The van der Waals surface area contributed by atoms with E-state index in [9.17, 15) is 19.3 Å². The van der Waals surface area contributed by atoms with Gasteiger partial charge in [0.25, 0.3) is 5.91 Å². The number of aliphatic hydroxyl groups is 1. The maximum Gasteiger partial charge on any atom is 0.304 e. The second-order valence-corrected chi connectivity index (χ2v) is 3.68. The van der Waals surface area contributed by atoms with Crippen LogP contribution in [0.3, 0.4) is 0 Å². The minimum Gasteiger partial charge on any atom is -0.394 e. The Morgan fingerprint density at radius 1 is 1.61 bits per heavy atom. The summed E-state index contributed by atoms with van der Waals surface area (Å²) >= 11 is 0. The number of nitro groups is 1. The highest BCUT2D eigenvalue weighted by atomic mass is 19.1. The third-order valence-electron chi connectivity index (χ3n) is 2.45. The van der Waals surface area contributed by atoms with E-state index in [1.807, 2.05) is 0 Å². The van der Waals surface area contributed by atoms with E-state index in [4.69, 9.17) is 5.11 Å². The van der Waals surface area contributed by atoms with Gasteiger partial charge >= 0.3 is 5.69 Å². The number of rotatable bonds is 5. The highest BCUT2D eigenvalue weighted by Crippen LogP contribution is 2.18. The fourth-order valence-corrected chi connectivity index (χ4v) is 1.34. The molecule has 0 aliphatic rings. The quantitative estimate of drug-likeness (QED) is 0.612. The van der Waals surface area contributed by atoms with Crippen molar-refractivity contribution >= 4 is 11.6 Å². The van der Waals surface area contributed by atoms with Gasteiger partial charge in [-0.25, -0.2) is 0 Å². The maximum atomic E-state index is 13.3. The van der Waals surface area contributed by atoms with E-state index >= 15 is 0 Å². The summed E-state index contributed by atoms with van der Waals surface area (Å²) in [5, 5.41) is 21.8. The zero-order valence-corrected chi connectivity index (χ0v) is 9.72. The van der Waals surface area contributed by atoms with Crippen LogP contribution in [-0.4, -0.2) is 28.6 Å². The minimum atomic E-state index is -1.07. The van der Waals surface area contributed by atoms with Crippen molar-refractivity contribution in [2.75, 3.05) is 6.61 Å². The summed E-state index contributed by atoms with van der Waals surface area (Å²) in [6.07, 6.45) is 0.525. The molecule has 0 aromatic heterocycles. The van der Waals surface area contributed by atoms with Crippen molar-refractivity contribution in [3.05, 3.63) is 39.7 Å². The van der Waals surface area contributed by atoms with E-state index in [2.05, 4.69) is 5.32 Å². The number of nitrogens with one attached hydrogen (secondary N) is 1. The Morgan fingerprint density at radius 3 is 2.72 bits per heavy atom. The van der Waals surface area contributed by atoms with Gasteiger partial charge in [-0.15, -0.1) is 0 Å². The molecule has 0 unspecified atom stereocenters. The fraction of sp³-hybridized carbons (Fsp3) is 0.364. The van der Waals surface area contributed by atoms with Gasteiger partial charge in [0.1, 0.15) is 0 Å². The number of carbonyl (C=O) groups is 1. The van der Waals surface area contributed by atoms with Crippen molar-refractivity contribution in [1.29, 1.82) is 0 Å². The Hall–Kier alpha value is -2.02. The molecular weight excluding hydrogens is 243 g/mol. The van der Waals surface area contributed by atoms with Crippen LogP contribution < -0.4 is 5.32 Å². The van der Waals surface area contributed by atoms with Crippen molar-refractivity contribution in [1.82, 2.24) is 5.32 Å². The van der Waals surface area contributed by atoms with E-state index in [-0.39, 0.29) is 12.2 Å². The number of benzene rings is 1. The topological polar surface area (TPSA) is 92.5 Å². The average molecular weight is 256 g/mol. The summed E-state index contributed by atoms with van der Waals surface area (Å²) in [4.78, 5) is 21.2. The van der Waals surface area contributed by atoms with Gasteiger partial charge in [-0.05, 0) is 18.6 Å². The van der Waals surface area contributed by atoms with E-state index in [0.717, 1.165) is 12.1 Å². The number of hydrogen-bond acceptors (Lipinski definition) is 4. The average Bonchev–Trinajstić information content (AvgIpc) is 2.34. The van der Waals surface area contributed by atoms with Crippen LogP contribution in [0.2, 0.25) is 0 Å². The standard InChI is InChI=1S/C11H13FN2O4/c1-2-8(6-15)13-11(16)7-3-4-10(14(17)18)9(12)5-7/h3-5,8,15H,2,6H2,1H3,(H,13,16)/t8-/m1/s1. The first-order valence-electron chi connectivity index (χ1n) is 5.35. The molecule has 0 heterocycles. The highest BCUT2D eigenvalue weighted by Gasteiger charge is 2.17. The Morgan fingerprint density at radius 2 is 2.28 bits per heavy atom. The molecule has 18 heavy (non-hydrogen) atoms. The van der Waals surface area contributed by atoms with Crippen LogP contribution in [0.15, 0.2) is 18.2 Å². The zero-order chi connectivity index (χ0) is 13.7. The predicted octanol–water partition coefficient (Wildman–Crippen LogP) is 1.23. The summed E-state index contributed by atoms with van der Waals surface area (Å²) in [6, 6.07) is 2.48. The van der Waals surface area contributed by atoms with Gasteiger partial charge < -0.3 is 10.4 Å². The summed E-state index contributed by atoms with van der Waals surface area (Å²) in [6.45, 7) is 1.55. The van der Waals surface area contributed by atoms with E-state index in [1.54, 1.807) is 6.92 Å². The molecule has 0 aliphatic carbocycles. The summed E-state index contributed by atoms with van der Waals surface area (Å²) in [7, 11) is 0. The third-order valence-corrected chi connectivity index (χ3v) is 2.45. The fourth-order valence-electron chi connectivity index (χ4n) is 1.34. The molecule has 0 radical (unpaired) electrons. The van der Waals surface area contributed by atoms with Crippen LogP contribution in [0.25, 0.3) is 0 Å². The van der Waals surface area contributed by atoms with Crippen molar-refractivity contribution in [2.24, 2.45) is 0 Å². The van der Waals surface area contributed by atoms with Gasteiger partial charge in [0.2, 0.25) is 5.82 Å². The molecule has 0 bridgehead atoms. The number of halogens is 1. The van der Waals surface area contributed by atoms with Gasteiger partial charge in [-0.1, -0.05) is 6.92 Å². The van der Waals surface area contributed by atoms with Crippen LogP contribution in [0.4, 0.5) is 10.1 Å². The molecule has 2 N–H and O–H groups in total. The number of nitro benzene ring substituents is 1. The van der Waals surface area contributed by atoms with E-state index < -0.39 is 28.4 Å². The van der Waals surface area contributed by atoms with Crippen LogP contribution in [-0.2, 0) is 0 Å². The summed E-state index contributed by atoms with van der Waals surface area (Å²) in [5.41, 5.74) is -0.703. The molecule has 0 fully saturated rings. The molecule has 0 saturated heterocycles. The van der Waals surface area contributed by atoms with Crippen LogP contribution in [0.5, 0.6) is 0 Å². The van der Waals surface area contributed by atoms with Crippen LogP contribution >= 0.6 is 0 Å². The van der Waals surface area contributed by atoms with Crippen molar-refractivity contribution in [2.45, 2.75) is 19.4 Å². The van der Waals surface area contributed by atoms with Crippen molar-refractivity contribution in [3.8, 4) is 0 Å². The lowest BCUT2D eigenvalue weighted by atomic mass is 10.1. The Kier molecular flexibility index (Phi) is 4.73. The molecule has 1 aromatic carbocycles. The maximum absolute atomic E-state index is 13.3. The van der Waals surface area contributed by atoms with Gasteiger partial charge in [-0.2, -0.15) is 4.39 Å². The second kappa shape index (κ2) is 6.06. The third kappa shape index (κ3) is 3.24. The lowest BCUT2D eigenvalue weighted by molar-refractivity contribution is -0.387. The smallest absolute Gasteiger partial charge is 0.304 e. The summed E-state index contributed by atoms with van der Waals surface area (Å²) in [5.74, 6) is -1.64. The number of hydrogen-bond donors (Lipinski definition) is 2. The molecule has 1 aromatic rings. The van der Waals surface area contributed by atoms with Gasteiger partial charge in [0.15, 0.2) is 0 Å². The molecule has 1 atom stereocenters. The first-order chi connectivity index (χ1) is 8.49. The molecule has 98 valence electrons. The SMILES string of the molecule is CC[C@H](CO)NC(=O)c1ccc([N+](=O)[O-])c(F)c1. The molecule has 1 rings (SSSR count). The lowest BCUT2D eigenvalue weighted by Crippen LogP contribution is -2.36. The van der Waals surface area contributed by atoms with Crippen molar-refractivity contribution < 1.29 is 19.2 Å². The van der Waals surface area contributed by atoms with Crippen LogP contribution in [0.1, 0.15) is 23.7 Å². The molecule has 7 heteroatoms. The first-order valence-corrected chi connectivity index (χ1v) is 5.35. The predicted molar refractivity (Wildman–Crippen MR) is 61.7 cm³/mol. The number of aliphatic hydroxyl groups excluding tert-OH is 1. The Bertz CT molecular complexity index is 460. The molecule has 0 saturated carbocycles. The Labute approximate surface area is 103 Å². The van der Waals surface area contributed by atoms with Gasteiger partial charge in [0.05, 0.1) is 17.6 Å². The van der Waals surface area contributed by atoms with Crippen LogP contribution in [0, 0.1) is 15.9 Å². The molecular formula is C11H13FN2O4. The van der Waals surface area contributed by atoms with E-state index in [1.165, 1.54) is 6.07 Å². The number of nitrogens with zero attached hydrogens (tertiary/aromatic N) is 1. The number of amides is 1. The van der Waals surface area contributed by atoms with Crippen molar-refractivity contribution in [3.63, 3.8) is 0 Å². The minimum absolute atomic E-state index is 0.0231. The molecule has 0 spiro atoms. The normalized spacial score (nSPS) is 11.9. The lowest BCUT2D eigenvalue weighted by Gasteiger charge is -2.13. The van der Waals surface area contributed by atoms with Gasteiger partial charge in [-0.3, -0.25) is 14.9 Å². The number of carbonyl (C=O) groups excluding carboxylic acids is 1. The molecule has 0 aliphatic heterocycles. The first kappa shape index (κ1) is 14.0. The summed E-state index contributed by atoms with van der Waals surface area (Å²) < 4.78 is 13.3. The van der Waals surface area contributed by atoms with Gasteiger partial charge in [0, 0.05) is 11.6 Å².